The second-order valence-corrected chi connectivity index (χ2v) is 7.84. The van der Waals surface area contributed by atoms with Crippen molar-refractivity contribution in [1.82, 2.24) is 15.2 Å². The maximum Gasteiger partial charge on any atom is 0.255 e. The smallest absolute Gasteiger partial charge is 0.255 e. The van der Waals surface area contributed by atoms with E-state index in [0.717, 1.165) is 38.2 Å². The minimum atomic E-state index is -0.104. The molecule has 0 bridgehead atoms. The third kappa shape index (κ3) is 3.58. The zero-order chi connectivity index (χ0) is 18.1. The van der Waals surface area contributed by atoms with Gasteiger partial charge >= 0.3 is 0 Å². The second-order valence-electron chi connectivity index (χ2n) is 7.84. The topological polar surface area (TPSA) is 54.5 Å². The SMILES string of the molecule is CC1(C)Cc2cc(CNC3CCN(C(=O)c4cccnc4)C3)ccc2O1. The van der Waals surface area contributed by atoms with Crippen LogP contribution in [-0.4, -0.2) is 40.5 Å². The summed E-state index contributed by atoms with van der Waals surface area (Å²) in [6.45, 7) is 6.59. The predicted molar refractivity (Wildman–Crippen MR) is 100 cm³/mol. The molecule has 1 aromatic carbocycles. The van der Waals surface area contributed by atoms with Crippen molar-refractivity contribution >= 4 is 5.91 Å². The van der Waals surface area contributed by atoms with Crippen molar-refractivity contribution in [1.29, 1.82) is 0 Å². The summed E-state index contributed by atoms with van der Waals surface area (Å²) >= 11 is 0. The molecule has 1 N–H and O–H groups in total. The van der Waals surface area contributed by atoms with Crippen LogP contribution in [0, 0.1) is 0 Å². The monoisotopic (exact) mass is 351 g/mol. The summed E-state index contributed by atoms with van der Waals surface area (Å²) in [5, 5.41) is 3.60. The highest BCUT2D eigenvalue weighted by Gasteiger charge is 2.30. The predicted octanol–water partition coefficient (Wildman–Crippen LogP) is 2.80. The molecule has 4 rings (SSSR count). The van der Waals surface area contributed by atoms with E-state index in [4.69, 9.17) is 4.74 Å². The van der Waals surface area contributed by atoms with Gasteiger partial charge in [0.25, 0.3) is 5.91 Å². The lowest BCUT2D eigenvalue weighted by Crippen LogP contribution is -2.34. The van der Waals surface area contributed by atoms with Crippen LogP contribution in [0.2, 0.25) is 0 Å². The van der Waals surface area contributed by atoms with Gasteiger partial charge in [0.15, 0.2) is 0 Å². The molecular weight excluding hydrogens is 326 g/mol. The van der Waals surface area contributed by atoms with Gasteiger partial charge in [-0.15, -0.1) is 0 Å². The summed E-state index contributed by atoms with van der Waals surface area (Å²) in [6.07, 6.45) is 5.26. The molecule has 2 aliphatic rings. The number of hydrogen-bond acceptors (Lipinski definition) is 4. The molecule has 0 spiro atoms. The molecule has 0 radical (unpaired) electrons. The first-order chi connectivity index (χ1) is 12.5. The van der Waals surface area contributed by atoms with Crippen molar-refractivity contribution in [2.75, 3.05) is 13.1 Å². The second kappa shape index (κ2) is 6.72. The van der Waals surface area contributed by atoms with Gasteiger partial charge in [0.1, 0.15) is 11.4 Å². The lowest BCUT2D eigenvalue weighted by atomic mass is 10.00. The van der Waals surface area contributed by atoms with E-state index >= 15 is 0 Å². The molecule has 2 aromatic rings. The molecule has 0 aliphatic carbocycles. The Hall–Kier alpha value is -2.40. The number of aromatic nitrogens is 1. The zero-order valence-corrected chi connectivity index (χ0v) is 15.4. The summed E-state index contributed by atoms with van der Waals surface area (Å²) < 4.78 is 5.94. The van der Waals surface area contributed by atoms with Crippen molar-refractivity contribution in [3.8, 4) is 5.75 Å². The fourth-order valence-corrected chi connectivity index (χ4v) is 3.82. The first kappa shape index (κ1) is 17.0. The Morgan fingerprint density at radius 1 is 1.38 bits per heavy atom. The first-order valence-electron chi connectivity index (χ1n) is 9.24. The van der Waals surface area contributed by atoms with Gasteiger partial charge in [-0.25, -0.2) is 0 Å². The van der Waals surface area contributed by atoms with Crippen LogP contribution < -0.4 is 10.1 Å². The Morgan fingerprint density at radius 3 is 3.08 bits per heavy atom. The molecule has 1 fully saturated rings. The first-order valence-corrected chi connectivity index (χ1v) is 9.24. The van der Waals surface area contributed by atoms with Crippen LogP contribution in [0.4, 0.5) is 0 Å². The molecule has 1 atom stereocenters. The molecule has 1 saturated heterocycles. The molecule has 0 saturated carbocycles. The minimum Gasteiger partial charge on any atom is -0.487 e. The van der Waals surface area contributed by atoms with Crippen molar-refractivity contribution in [2.24, 2.45) is 0 Å². The Balaban J connectivity index is 1.32. The third-order valence-electron chi connectivity index (χ3n) is 5.11. The number of rotatable bonds is 4. The van der Waals surface area contributed by atoms with Gasteiger partial charge in [-0.05, 0) is 49.6 Å². The number of benzene rings is 1. The van der Waals surface area contributed by atoms with Gasteiger partial charge in [0, 0.05) is 44.5 Å². The molecule has 1 amide bonds. The van der Waals surface area contributed by atoms with Gasteiger partial charge in [0.05, 0.1) is 5.56 Å². The number of hydrogen-bond donors (Lipinski definition) is 1. The lowest BCUT2D eigenvalue weighted by Gasteiger charge is -2.17. The van der Waals surface area contributed by atoms with Gasteiger partial charge < -0.3 is 15.0 Å². The lowest BCUT2D eigenvalue weighted by molar-refractivity contribution is 0.0789. The van der Waals surface area contributed by atoms with E-state index in [1.54, 1.807) is 18.5 Å². The van der Waals surface area contributed by atoms with Gasteiger partial charge in [-0.2, -0.15) is 0 Å². The standard InChI is InChI=1S/C21H25N3O2/c1-21(2)11-17-10-15(5-6-19(17)26-21)12-23-18-7-9-24(14-18)20(25)16-4-3-8-22-13-16/h3-6,8,10,13,18,23H,7,9,11-12,14H2,1-2H3. The summed E-state index contributed by atoms with van der Waals surface area (Å²) in [5.74, 6) is 1.08. The average molecular weight is 351 g/mol. The van der Waals surface area contributed by atoms with Crippen LogP contribution in [-0.2, 0) is 13.0 Å². The highest BCUT2D eigenvalue weighted by molar-refractivity contribution is 5.94. The fourth-order valence-electron chi connectivity index (χ4n) is 3.82. The van der Waals surface area contributed by atoms with Gasteiger partial charge in [-0.1, -0.05) is 12.1 Å². The molecule has 26 heavy (non-hydrogen) atoms. The summed E-state index contributed by atoms with van der Waals surface area (Å²) in [6, 6.07) is 10.4. The number of amides is 1. The molecule has 2 aliphatic heterocycles. The average Bonchev–Trinajstić information content (AvgIpc) is 3.22. The minimum absolute atomic E-state index is 0.0688. The van der Waals surface area contributed by atoms with Crippen molar-refractivity contribution < 1.29 is 9.53 Å². The van der Waals surface area contributed by atoms with Gasteiger partial charge in [0.2, 0.25) is 0 Å². The number of likely N-dealkylation sites (tertiary alicyclic amines) is 1. The number of ether oxygens (including phenoxy) is 1. The number of carbonyl (C=O) groups excluding carboxylic acids is 1. The van der Waals surface area contributed by atoms with Gasteiger partial charge in [-0.3, -0.25) is 9.78 Å². The van der Waals surface area contributed by atoms with Crippen molar-refractivity contribution in [2.45, 2.75) is 44.9 Å². The van der Waals surface area contributed by atoms with E-state index in [9.17, 15) is 4.79 Å². The Labute approximate surface area is 154 Å². The fraction of sp³-hybridized carbons (Fsp3) is 0.429. The summed E-state index contributed by atoms with van der Waals surface area (Å²) in [4.78, 5) is 18.4. The quantitative estimate of drug-likeness (QED) is 0.920. The number of nitrogens with zero attached hydrogens (tertiary/aromatic N) is 2. The molecule has 1 unspecified atom stereocenters. The Bertz CT molecular complexity index is 804. The van der Waals surface area contributed by atoms with Crippen LogP contribution in [0.25, 0.3) is 0 Å². The molecular formula is C21H25N3O2. The number of nitrogens with one attached hydrogen (secondary N) is 1. The molecule has 3 heterocycles. The molecule has 136 valence electrons. The van der Waals surface area contributed by atoms with Crippen LogP contribution in [0.5, 0.6) is 5.75 Å². The molecule has 5 nitrogen and oxygen atoms in total. The Kier molecular flexibility index (Phi) is 4.41. The third-order valence-corrected chi connectivity index (χ3v) is 5.11. The highest BCUT2D eigenvalue weighted by atomic mass is 16.5. The zero-order valence-electron chi connectivity index (χ0n) is 15.4. The largest absolute Gasteiger partial charge is 0.487 e. The maximum atomic E-state index is 12.5. The van der Waals surface area contributed by atoms with E-state index in [2.05, 4.69) is 42.3 Å². The van der Waals surface area contributed by atoms with E-state index in [1.165, 1.54) is 11.1 Å². The molecule has 5 heteroatoms. The van der Waals surface area contributed by atoms with E-state index < -0.39 is 0 Å². The normalized spacial score (nSPS) is 20.7. The van der Waals surface area contributed by atoms with Crippen LogP contribution in [0.15, 0.2) is 42.7 Å². The molecule has 1 aromatic heterocycles. The van der Waals surface area contributed by atoms with E-state index in [1.807, 2.05) is 11.0 Å². The number of pyridine rings is 1. The summed E-state index contributed by atoms with van der Waals surface area (Å²) in [5.41, 5.74) is 3.11. The number of fused-ring (bicyclic) bond motifs is 1. The van der Waals surface area contributed by atoms with E-state index in [-0.39, 0.29) is 11.5 Å². The summed E-state index contributed by atoms with van der Waals surface area (Å²) in [7, 11) is 0. The Morgan fingerprint density at radius 2 is 2.27 bits per heavy atom. The van der Waals surface area contributed by atoms with Crippen LogP contribution in [0.3, 0.4) is 0 Å². The van der Waals surface area contributed by atoms with Crippen LogP contribution >= 0.6 is 0 Å². The van der Waals surface area contributed by atoms with Crippen LogP contribution in [0.1, 0.15) is 41.8 Å². The van der Waals surface area contributed by atoms with E-state index in [0.29, 0.717) is 11.6 Å². The number of carbonyl (C=O) groups is 1. The van der Waals surface area contributed by atoms with Crippen molar-refractivity contribution in [3.05, 3.63) is 59.4 Å². The highest BCUT2D eigenvalue weighted by Crippen LogP contribution is 2.35. The van der Waals surface area contributed by atoms with Crippen molar-refractivity contribution in [3.63, 3.8) is 0 Å². The maximum absolute atomic E-state index is 12.5.